The van der Waals surface area contributed by atoms with Crippen molar-refractivity contribution >= 4 is 17.3 Å². The smallest absolute Gasteiger partial charge is 0.348 e. The number of nitrogens with one attached hydrogen (secondary N) is 1. The zero-order chi connectivity index (χ0) is 8.97. The lowest BCUT2D eigenvalue weighted by atomic mass is 10.2. The summed E-state index contributed by atoms with van der Waals surface area (Å²) in [6.45, 7) is 0.258. The fraction of sp³-hybridized carbons (Fsp3) is 0.286. The minimum atomic E-state index is -0.366. The SMILES string of the molecule is COC(=O)c1sccc1CNO. The van der Waals surface area contributed by atoms with Crippen LogP contribution in [0.25, 0.3) is 0 Å². The fourth-order valence-electron chi connectivity index (χ4n) is 0.832. The molecule has 2 N–H and O–H groups in total. The molecule has 1 aromatic rings. The molecular formula is C7H9NO3S. The highest BCUT2D eigenvalue weighted by Gasteiger charge is 2.12. The van der Waals surface area contributed by atoms with Gasteiger partial charge in [0.1, 0.15) is 4.88 Å². The highest BCUT2D eigenvalue weighted by molar-refractivity contribution is 7.12. The lowest BCUT2D eigenvalue weighted by Crippen LogP contribution is -2.09. The predicted octanol–water partition coefficient (Wildman–Crippen LogP) is 1.01. The highest BCUT2D eigenvalue weighted by atomic mass is 32.1. The monoisotopic (exact) mass is 187 g/mol. The van der Waals surface area contributed by atoms with Gasteiger partial charge in [0.2, 0.25) is 0 Å². The number of carbonyl (C=O) groups excluding carboxylic acids is 1. The van der Waals surface area contributed by atoms with Gasteiger partial charge in [-0.15, -0.1) is 11.3 Å². The molecule has 0 radical (unpaired) electrons. The molecule has 0 aliphatic carbocycles. The zero-order valence-corrected chi connectivity index (χ0v) is 7.35. The Kier molecular flexibility index (Phi) is 3.21. The summed E-state index contributed by atoms with van der Waals surface area (Å²) in [5.41, 5.74) is 2.73. The number of hydrogen-bond acceptors (Lipinski definition) is 5. The van der Waals surface area contributed by atoms with Crippen molar-refractivity contribution in [1.29, 1.82) is 0 Å². The third kappa shape index (κ3) is 1.82. The third-order valence-electron chi connectivity index (χ3n) is 1.39. The molecule has 0 aliphatic rings. The molecule has 0 saturated carbocycles. The van der Waals surface area contributed by atoms with Crippen molar-refractivity contribution in [1.82, 2.24) is 5.48 Å². The number of rotatable bonds is 3. The molecule has 0 bridgehead atoms. The van der Waals surface area contributed by atoms with Crippen molar-refractivity contribution in [2.75, 3.05) is 7.11 Å². The second-order valence-corrected chi connectivity index (χ2v) is 3.02. The molecule has 0 atom stereocenters. The topological polar surface area (TPSA) is 58.6 Å². The molecule has 0 fully saturated rings. The van der Waals surface area contributed by atoms with Crippen molar-refractivity contribution in [3.8, 4) is 0 Å². The predicted molar refractivity (Wildman–Crippen MR) is 44.3 cm³/mol. The van der Waals surface area contributed by atoms with Gasteiger partial charge in [0.25, 0.3) is 0 Å². The first-order chi connectivity index (χ1) is 5.79. The minimum absolute atomic E-state index is 0.258. The number of thiophene rings is 1. The molecule has 5 heteroatoms. The maximum atomic E-state index is 11.0. The maximum Gasteiger partial charge on any atom is 0.348 e. The van der Waals surface area contributed by atoms with Crippen molar-refractivity contribution in [2.24, 2.45) is 0 Å². The van der Waals surface area contributed by atoms with Crippen molar-refractivity contribution in [2.45, 2.75) is 6.54 Å². The first kappa shape index (κ1) is 9.18. The molecule has 0 saturated heterocycles. The number of hydroxylamine groups is 1. The van der Waals surface area contributed by atoms with E-state index in [1.165, 1.54) is 18.4 Å². The molecular weight excluding hydrogens is 178 g/mol. The van der Waals surface area contributed by atoms with Crippen LogP contribution in [-0.4, -0.2) is 18.3 Å². The summed E-state index contributed by atoms with van der Waals surface area (Å²) in [5, 5.41) is 10.2. The number of hydrogen-bond donors (Lipinski definition) is 2. The van der Waals surface area contributed by atoms with Crippen LogP contribution in [0, 0.1) is 0 Å². The van der Waals surface area contributed by atoms with Crippen LogP contribution >= 0.6 is 11.3 Å². The second kappa shape index (κ2) is 4.20. The van der Waals surface area contributed by atoms with E-state index in [0.717, 1.165) is 5.56 Å². The van der Waals surface area contributed by atoms with E-state index in [1.807, 2.05) is 5.48 Å². The van der Waals surface area contributed by atoms with E-state index in [2.05, 4.69) is 4.74 Å². The third-order valence-corrected chi connectivity index (χ3v) is 2.32. The van der Waals surface area contributed by atoms with Crippen LogP contribution in [-0.2, 0) is 11.3 Å². The number of methoxy groups -OCH3 is 1. The molecule has 12 heavy (non-hydrogen) atoms. The van der Waals surface area contributed by atoms with Gasteiger partial charge in [0, 0.05) is 6.54 Å². The quantitative estimate of drug-likeness (QED) is 0.547. The Morgan fingerprint density at radius 1 is 1.83 bits per heavy atom. The molecule has 0 unspecified atom stereocenters. The molecule has 4 nitrogen and oxygen atoms in total. The first-order valence-corrected chi connectivity index (χ1v) is 4.19. The van der Waals surface area contributed by atoms with Gasteiger partial charge in [-0.25, -0.2) is 10.3 Å². The zero-order valence-electron chi connectivity index (χ0n) is 6.53. The van der Waals surface area contributed by atoms with E-state index in [1.54, 1.807) is 11.4 Å². The Morgan fingerprint density at radius 2 is 2.58 bits per heavy atom. The van der Waals surface area contributed by atoms with Crippen LogP contribution in [0.5, 0.6) is 0 Å². The largest absolute Gasteiger partial charge is 0.465 e. The van der Waals surface area contributed by atoms with Crippen LogP contribution in [0.1, 0.15) is 15.2 Å². The molecule has 1 heterocycles. The average molecular weight is 187 g/mol. The first-order valence-electron chi connectivity index (χ1n) is 3.31. The Bertz CT molecular complexity index is 271. The summed E-state index contributed by atoms with van der Waals surface area (Å²) in [6.07, 6.45) is 0. The van der Waals surface area contributed by atoms with Crippen LogP contribution in [0.2, 0.25) is 0 Å². The molecule has 0 amide bonds. The molecule has 66 valence electrons. The molecule has 1 rings (SSSR count). The molecule has 0 aromatic carbocycles. The summed E-state index contributed by atoms with van der Waals surface area (Å²) < 4.78 is 4.54. The average Bonchev–Trinajstić information content (AvgIpc) is 2.52. The Morgan fingerprint density at radius 3 is 3.17 bits per heavy atom. The lowest BCUT2D eigenvalue weighted by Gasteiger charge is -1.99. The van der Waals surface area contributed by atoms with E-state index in [9.17, 15) is 4.79 Å². The van der Waals surface area contributed by atoms with Crippen molar-refractivity contribution in [3.05, 3.63) is 21.9 Å². The standard InChI is InChI=1S/C7H9NO3S/c1-11-7(9)6-5(4-8-10)2-3-12-6/h2-3,8,10H,4H2,1H3. The van der Waals surface area contributed by atoms with Gasteiger partial charge in [-0.1, -0.05) is 0 Å². The van der Waals surface area contributed by atoms with Gasteiger partial charge in [0.05, 0.1) is 7.11 Å². The molecule has 1 aromatic heterocycles. The van der Waals surface area contributed by atoms with Crippen LogP contribution in [0.3, 0.4) is 0 Å². The molecule has 0 spiro atoms. The van der Waals surface area contributed by atoms with Crippen molar-refractivity contribution in [3.63, 3.8) is 0 Å². The summed E-state index contributed by atoms with van der Waals surface area (Å²) in [4.78, 5) is 11.6. The van der Waals surface area contributed by atoms with E-state index in [4.69, 9.17) is 5.21 Å². The van der Waals surface area contributed by atoms with Gasteiger partial charge in [0.15, 0.2) is 0 Å². The minimum Gasteiger partial charge on any atom is -0.465 e. The van der Waals surface area contributed by atoms with E-state index < -0.39 is 0 Å². The highest BCUT2D eigenvalue weighted by Crippen LogP contribution is 2.17. The summed E-state index contributed by atoms with van der Waals surface area (Å²) in [7, 11) is 1.33. The lowest BCUT2D eigenvalue weighted by molar-refractivity contribution is 0.0604. The Hall–Kier alpha value is -0.910. The number of esters is 1. The van der Waals surface area contributed by atoms with Crippen LogP contribution in [0.4, 0.5) is 0 Å². The maximum absolute atomic E-state index is 11.0. The molecule has 0 aliphatic heterocycles. The summed E-state index contributed by atoms with van der Waals surface area (Å²) in [5.74, 6) is -0.366. The van der Waals surface area contributed by atoms with Gasteiger partial charge in [-0.3, -0.25) is 0 Å². The number of carbonyl (C=O) groups is 1. The fourth-order valence-corrected chi connectivity index (χ4v) is 1.67. The van der Waals surface area contributed by atoms with Crippen LogP contribution < -0.4 is 5.48 Å². The van der Waals surface area contributed by atoms with Gasteiger partial charge in [-0.2, -0.15) is 0 Å². The Balaban J connectivity index is 2.83. The summed E-state index contributed by atoms with van der Waals surface area (Å²) in [6, 6.07) is 1.76. The normalized spacial score (nSPS) is 9.83. The van der Waals surface area contributed by atoms with E-state index >= 15 is 0 Å². The number of ether oxygens (including phenoxy) is 1. The van der Waals surface area contributed by atoms with Gasteiger partial charge < -0.3 is 9.94 Å². The van der Waals surface area contributed by atoms with Gasteiger partial charge >= 0.3 is 5.97 Å². The van der Waals surface area contributed by atoms with E-state index in [0.29, 0.717) is 4.88 Å². The summed E-state index contributed by atoms with van der Waals surface area (Å²) >= 11 is 1.30. The second-order valence-electron chi connectivity index (χ2n) is 2.10. The van der Waals surface area contributed by atoms with Crippen LogP contribution in [0.15, 0.2) is 11.4 Å². The van der Waals surface area contributed by atoms with Gasteiger partial charge in [-0.05, 0) is 17.0 Å². The van der Waals surface area contributed by atoms with E-state index in [-0.39, 0.29) is 12.5 Å². The Labute approximate surface area is 73.7 Å². The van der Waals surface area contributed by atoms with Crippen molar-refractivity contribution < 1.29 is 14.7 Å².